The molecule has 0 aliphatic rings. The molecule has 12 heteroatoms. The van der Waals surface area contributed by atoms with E-state index >= 15 is 0 Å². The highest BCUT2D eigenvalue weighted by atomic mass is 35.5. The molecule has 1 atom stereocenters. The third-order valence-electron chi connectivity index (χ3n) is 6.62. The first-order valence-corrected chi connectivity index (χ1v) is 17.1. The first-order valence-electron chi connectivity index (χ1n) is 13.7. The van der Waals surface area contributed by atoms with E-state index in [4.69, 9.17) is 46.4 Å². The standard InChI is InChI=1S/C31H35Cl4N3O4S/c1-21(2)19-36-31(40)29(17-22-8-5-4-6-9-22)37(20-23-11-13-25(33)27(35)16-23)30(39)10-7-15-38(43(3,41)42)28-18-24(32)12-14-26(28)34/h4-6,8-9,11-14,16,18,21,29H,7,10,15,17,19-20H2,1-3H3,(H,36,40). The van der Waals surface area contributed by atoms with E-state index in [0.29, 0.717) is 27.2 Å². The number of nitrogens with one attached hydrogen (secondary N) is 1. The van der Waals surface area contributed by atoms with Crippen LogP contribution in [0.2, 0.25) is 20.1 Å². The Morgan fingerprint density at radius 3 is 2.16 bits per heavy atom. The SMILES string of the molecule is CC(C)CNC(=O)C(Cc1ccccc1)N(Cc1ccc(Cl)c(Cl)c1)C(=O)CCCN(c1cc(Cl)ccc1Cl)S(C)(=O)=O. The van der Waals surface area contributed by atoms with Crippen molar-refractivity contribution in [2.24, 2.45) is 5.92 Å². The van der Waals surface area contributed by atoms with Gasteiger partial charge in [-0.2, -0.15) is 0 Å². The fourth-order valence-electron chi connectivity index (χ4n) is 4.47. The van der Waals surface area contributed by atoms with Gasteiger partial charge in [-0.1, -0.05) is 96.6 Å². The molecule has 3 rings (SSSR count). The van der Waals surface area contributed by atoms with Crippen LogP contribution in [0.25, 0.3) is 0 Å². The van der Waals surface area contributed by atoms with Gasteiger partial charge in [0, 0.05) is 37.5 Å². The lowest BCUT2D eigenvalue weighted by Gasteiger charge is -2.32. The van der Waals surface area contributed by atoms with Gasteiger partial charge in [0.2, 0.25) is 21.8 Å². The number of carbonyl (C=O) groups excluding carboxylic acids is 2. The molecule has 0 aliphatic carbocycles. The van der Waals surface area contributed by atoms with Crippen molar-refractivity contribution in [2.75, 3.05) is 23.7 Å². The van der Waals surface area contributed by atoms with Crippen molar-refractivity contribution in [1.82, 2.24) is 10.2 Å². The second-order valence-electron chi connectivity index (χ2n) is 10.6. The van der Waals surface area contributed by atoms with E-state index in [1.807, 2.05) is 44.2 Å². The third-order valence-corrected chi connectivity index (χ3v) is 9.10. The topological polar surface area (TPSA) is 86.8 Å². The van der Waals surface area contributed by atoms with Gasteiger partial charge in [0.05, 0.1) is 27.0 Å². The maximum atomic E-state index is 13.9. The molecule has 0 aromatic heterocycles. The van der Waals surface area contributed by atoms with Crippen LogP contribution in [0.3, 0.4) is 0 Å². The number of nitrogens with zero attached hydrogens (tertiary/aromatic N) is 2. The Labute approximate surface area is 274 Å². The number of halogens is 4. The summed E-state index contributed by atoms with van der Waals surface area (Å²) in [5, 5.41) is 4.22. The molecule has 3 aromatic rings. The fourth-order valence-corrected chi connectivity index (χ4v) is 6.20. The van der Waals surface area contributed by atoms with Crippen molar-refractivity contribution in [3.8, 4) is 0 Å². The molecule has 43 heavy (non-hydrogen) atoms. The van der Waals surface area contributed by atoms with E-state index in [-0.39, 0.29) is 60.8 Å². The molecule has 1 unspecified atom stereocenters. The fraction of sp³-hybridized carbons (Fsp3) is 0.355. The summed E-state index contributed by atoms with van der Waals surface area (Å²) in [7, 11) is -3.74. The molecule has 0 bridgehead atoms. The Hall–Kier alpha value is -2.49. The normalized spacial score (nSPS) is 12.2. The molecule has 0 heterocycles. The van der Waals surface area contributed by atoms with Gasteiger partial charge in [-0.05, 0) is 53.8 Å². The van der Waals surface area contributed by atoms with Gasteiger partial charge in [0.1, 0.15) is 6.04 Å². The summed E-state index contributed by atoms with van der Waals surface area (Å²) in [6.07, 6.45) is 1.48. The average Bonchev–Trinajstić information content (AvgIpc) is 2.94. The molecular formula is C31H35Cl4N3O4S. The smallest absolute Gasteiger partial charge is 0.243 e. The number of hydrogen-bond donors (Lipinski definition) is 1. The molecule has 0 saturated heterocycles. The molecule has 232 valence electrons. The second-order valence-corrected chi connectivity index (χ2v) is 14.2. The van der Waals surface area contributed by atoms with Crippen molar-refractivity contribution in [3.05, 3.63) is 97.9 Å². The van der Waals surface area contributed by atoms with Gasteiger partial charge in [0.25, 0.3) is 0 Å². The lowest BCUT2D eigenvalue weighted by Crippen LogP contribution is -2.51. The van der Waals surface area contributed by atoms with Crippen LogP contribution in [-0.4, -0.2) is 50.5 Å². The van der Waals surface area contributed by atoms with Crippen LogP contribution >= 0.6 is 46.4 Å². The molecule has 1 N–H and O–H groups in total. The number of benzene rings is 3. The van der Waals surface area contributed by atoms with Crippen molar-refractivity contribution >= 4 is 73.9 Å². The first kappa shape index (κ1) is 35.0. The van der Waals surface area contributed by atoms with E-state index in [0.717, 1.165) is 16.1 Å². The van der Waals surface area contributed by atoms with Crippen molar-refractivity contribution in [1.29, 1.82) is 0 Å². The predicted octanol–water partition coefficient (Wildman–Crippen LogP) is 7.26. The van der Waals surface area contributed by atoms with Gasteiger partial charge in [0.15, 0.2) is 0 Å². The Bertz CT molecular complexity index is 1520. The number of hydrogen-bond acceptors (Lipinski definition) is 4. The van der Waals surface area contributed by atoms with Crippen molar-refractivity contribution in [2.45, 2.75) is 45.7 Å². The zero-order chi connectivity index (χ0) is 31.7. The first-order chi connectivity index (χ1) is 20.3. The highest BCUT2D eigenvalue weighted by Gasteiger charge is 2.31. The predicted molar refractivity (Wildman–Crippen MR) is 177 cm³/mol. The van der Waals surface area contributed by atoms with E-state index in [1.54, 1.807) is 24.3 Å². The summed E-state index contributed by atoms with van der Waals surface area (Å²) >= 11 is 24.8. The van der Waals surface area contributed by atoms with Crippen molar-refractivity contribution < 1.29 is 18.0 Å². The number of sulfonamides is 1. The molecule has 0 saturated carbocycles. The van der Waals surface area contributed by atoms with Crippen LogP contribution in [-0.2, 0) is 32.6 Å². The molecular weight excluding hydrogens is 652 g/mol. The van der Waals surface area contributed by atoms with E-state index < -0.39 is 16.1 Å². The monoisotopic (exact) mass is 685 g/mol. The number of rotatable bonds is 14. The van der Waals surface area contributed by atoms with Crippen LogP contribution in [0.15, 0.2) is 66.7 Å². The molecule has 7 nitrogen and oxygen atoms in total. The van der Waals surface area contributed by atoms with Crippen LogP contribution in [0.1, 0.15) is 37.8 Å². The van der Waals surface area contributed by atoms with Gasteiger partial charge in [-0.25, -0.2) is 8.42 Å². The van der Waals surface area contributed by atoms with E-state index in [1.165, 1.54) is 17.0 Å². The van der Waals surface area contributed by atoms with E-state index in [2.05, 4.69) is 5.32 Å². The molecule has 2 amide bonds. The zero-order valence-electron chi connectivity index (χ0n) is 24.2. The quantitative estimate of drug-likeness (QED) is 0.193. The average molecular weight is 688 g/mol. The van der Waals surface area contributed by atoms with Crippen LogP contribution in [0.5, 0.6) is 0 Å². The summed E-state index contributed by atoms with van der Waals surface area (Å²) in [6.45, 7) is 4.50. The molecule has 0 aliphatic heterocycles. The van der Waals surface area contributed by atoms with Crippen LogP contribution < -0.4 is 9.62 Å². The summed E-state index contributed by atoms with van der Waals surface area (Å²) in [6, 6.07) is 18.2. The molecule has 3 aromatic carbocycles. The summed E-state index contributed by atoms with van der Waals surface area (Å²) in [5.41, 5.74) is 1.81. The summed E-state index contributed by atoms with van der Waals surface area (Å²) in [4.78, 5) is 29.1. The maximum absolute atomic E-state index is 13.9. The lowest BCUT2D eigenvalue weighted by molar-refractivity contribution is -0.141. The Morgan fingerprint density at radius 1 is 0.860 bits per heavy atom. The minimum absolute atomic E-state index is 0.0197. The third kappa shape index (κ3) is 10.6. The molecule has 0 radical (unpaired) electrons. The molecule has 0 spiro atoms. The number of amides is 2. The largest absolute Gasteiger partial charge is 0.354 e. The Kier molecular flexibility index (Phi) is 13.0. The van der Waals surface area contributed by atoms with Crippen LogP contribution in [0, 0.1) is 5.92 Å². The second kappa shape index (κ2) is 16.0. The van der Waals surface area contributed by atoms with Crippen LogP contribution in [0.4, 0.5) is 5.69 Å². The minimum Gasteiger partial charge on any atom is -0.354 e. The number of carbonyl (C=O) groups is 2. The lowest BCUT2D eigenvalue weighted by atomic mass is 10.0. The maximum Gasteiger partial charge on any atom is 0.243 e. The van der Waals surface area contributed by atoms with Gasteiger partial charge >= 0.3 is 0 Å². The van der Waals surface area contributed by atoms with E-state index in [9.17, 15) is 18.0 Å². The van der Waals surface area contributed by atoms with Gasteiger partial charge < -0.3 is 10.2 Å². The zero-order valence-corrected chi connectivity index (χ0v) is 28.0. The Balaban J connectivity index is 1.92. The number of anilines is 1. The highest BCUT2D eigenvalue weighted by Crippen LogP contribution is 2.31. The summed E-state index contributed by atoms with van der Waals surface area (Å²) < 4.78 is 26.5. The van der Waals surface area contributed by atoms with Gasteiger partial charge in [-0.3, -0.25) is 13.9 Å². The van der Waals surface area contributed by atoms with Gasteiger partial charge in [-0.15, -0.1) is 0 Å². The Morgan fingerprint density at radius 2 is 1.53 bits per heavy atom. The highest BCUT2D eigenvalue weighted by molar-refractivity contribution is 7.92. The van der Waals surface area contributed by atoms with Crippen molar-refractivity contribution in [3.63, 3.8) is 0 Å². The minimum atomic E-state index is -3.74. The molecule has 0 fully saturated rings. The summed E-state index contributed by atoms with van der Waals surface area (Å²) in [5.74, 6) is -0.396.